The molecule has 6 nitrogen and oxygen atoms in total. The molecule has 0 bridgehead atoms. The predicted molar refractivity (Wildman–Crippen MR) is 83.8 cm³/mol. The monoisotopic (exact) mass is 301 g/mol. The van der Waals surface area contributed by atoms with Gasteiger partial charge in [-0.2, -0.15) is 5.10 Å². The summed E-state index contributed by atoms with van der Waals surface area (Å²) in [5, 5.41) is 9.08. The molecule has 2 aromatic rings. The maximum Gasteiger partial charge on any atom is 0.161 e. The lowest BCUT2D eigenvalue weighted by atomic mass is 9.93. The van der Waals surface area contributed by atoms with Gasteiger partial charge in [-0.15, -0.1) is 0 Å². The zero-order chi connectivity index (χ0) is 14.9. The molecule has 6 heteroatoms. The van der Waals surface area contributed by atoms with E-state index in [1.165, 1.54) is 0 Å². The fraction of sp³-hybridized carbons (Fsp3) is 0.688. The Morgan fingerprint density at radius 3 is 2.95 bits per heavy atom. The average Bonchev–Trinajstić information content (AvgIpc) is 3.21. The van der Waals surface area contributed by atoms with E-state index in [0.29, 0.717) is 17.9 Å². The van der Waals surface area contributed by atoms with Gasteiger partial charge in [0.1, 0.15) is 5.82 Å². The standard InChI is InChI=1S/C16H23N5O/c1-2-11-7-17-10-14(11)15-18-8-12-9-19-21(16(12)20-15)13-3-5-22-6-4-13/h8-9,11,13-14,17H,2-7,10H2,1H3/t11-,14-/m1/s1. The molecule has 0 amide bonds. The van der Waals surface area contributed by atoms with Crippen LogP contribution in [0.5, 0.6) is 0 Å². The molecule has 22 heavy (non-hydrogen) atoms. The van der Waals surface area contributed by atoms with Gasteiger partial charge in [0.2, 0.25) is 0 Å². The zero-order valence-corrected chi connectivity index (χ0v) is 13.0. The van der Waals surface area contributed by atoms with Crippen LogP contribution >= 0.6 is 0 Å². The summed E-state index contributed by atoms with van der Waals surface area (Å²) in [6.45, 7) is 5.93. The normalized spacial score (nSPS) is 26.8. The number of aromatic nitrogens is 4. The van der Waals surface area contributed by atoms with Gasteiger partial charge in [-0.3, -0.25) is 0 Å². The van der Waals surface area contributed by atoms with E-state index in [-0.39, 0.29) is 0 Å². The minimum absolute atomic E-state index is 0.401. The molecular weight excluding hydrogens is 278 g/mol. The van der Waals surface area contributed by atoms with Crippen LogP contribution in [0.4, 0.5) is 0 Å². The summed E-state index contributed by atoms with van der Waals surface area (Å²) >= 11 is 0. The smallest absolute Gasteiger partial charge is 0.161 e. The molecular formula is C16H23N5O. The summed E-state index contributed by atoms with van der Waals surface area (Å²) in [5.74, 6) is 2.03. The molecule has 2 aliphatic rings. The fourth-order valence-electron chi connectivity index (χ4n) is 3.69. The van der Waals surface area contributed by atoms with Crippen LogP contribution in [0.1, 0.15) is 44.0 Å². The number of rotatable bonds is 3. The van der Waals surface area contributed by atoms with Crippen LogP contribution in [0.15, 0.2) is 12.4 Å². The summed E-state index contributed by atoms with van der Waals surface area (Å²) < 4.78 is 7.55. The maximum absolute atomic E-state index is 5.46. The second-order valence-electron chi connectivity index (χ2n) is 6.37. The third-order valence-corrected chi connectivity index (χ3v) is 5.09. The number of ether oxygens (including phenoxy) is 1. The Hall–Kier alpha value is -1.53. The lowest BCUT2D eigenvalue weighted by Gasteiger charge is -2.23. The van der Waals surface area contributed by atoms with E-state index in [4.69, 9.17) is 9.72 Å². The first-order chi connectivity index (χ1) is 10.9. The second-order valence-corrected chi connectivity index (χ2v) is 6.37. The van der Waals surface area contributed by atoms with E-state index in [9.17, 15) is 0 Å². The van der Waals surface area contributed by atoms with Crippen molar-refractivity contribution in [1.82, 2.24) is 25.1 Å². The molecule has 2 aliphatic heterocycles. The van der Waals surface area contributed by atoms with Crippen molar-refractivity contribution < 1.29 is 4.74 Å². The van der Waals surface area contributed by atoms with Gasteiger partial charge in [0.05, 0.1) is 17.6 Å². The van der Waals surface area contributed by atoms with Crippen molar-refractivity contribution in [3.8, 4) is 0 Å². The zero-order valence-electron chi connectivity index (χ0n) is 13.0. The first-order valence-corrected chi connectivity index (χ1v) is 8.35. The van der Waals surface area contributed by atoms with Crippen LogP contribution in [0.25, 0.3) is 11.0 Å². The third kappa shape index (κ3) is 2.40. The number of hydrogen-bond acceptors (Lipinski definition) is 5. The lowest BCUT2D eigenvalue weighted by molar-refractivity contribution is 0.0673. The fourth-order valence-corrected chi connectivity index (χ4v) is 3.69. The van der Waals surface area contributed by atoms with Gasteiger partial charge in [0.25, 0.3) is 0 Å². The molecule has 4 heterocycles. The first kappa shape index (κ1) is 14.1. The van der Waals surface area contributed by atoms with Crippen molar-refractivity contribution in [3.63, 3.8) is 0 Å². The Morgan fingerprint density at radius 2 is 2.14 bits per heavy atom. The Morgan fingerprint density at radius 1 is 1.27 bits per heavy atom. The van der Waals surface area contributed by atoms with Gasteiger partial charge in [-0.1, -0.05) is 13.3 Å². The highest BCUT2D eigenvalue weighted by atomic mass is 16.5. The number of nitrogens with one attached hydrogen (secondary N) is 1. The molecule has 2 aromatic heterocycles. The van der Waals surface area contributed by atoms with Gasteiger partial charge in [0.15, 0.2) is 5.65 Å². The SMILES string of the molecule is CC[C@@H]1CNC[C@H]1c1ncc2cnn(C3CCOCC3)c2n1. The van der Waals surface area contributed by atoms with E-state index >= 15 is 0 Å². The van der Waals surface area contributed by atoms with Crippen LogP contribution in [-0.2, 0) is 4.74 Å². The van der Waals surface area contributed by atoms with E-state index in [2.05, 4.69) is 27.0 Å². The highest BCUT2D eigenvalue weighted by Gasteiger charge is 2.30. The molecule has 0 saturated carbocycles. The van der Waals surface area contributed by atoms with Crippen molar-refractivity contribution in [2.75, 3.05) is 26.3 Å². The Balaban J connectivity index is 1.69. The highest BCUT2D eigenvalue weighted by Crippen LogP contribution is 2.30. The summed E-state index contributed by atoms with van der Waals surface area (Å²) in [6.07, 6.45) is 7.01. The van der Waals surface area contributed by atoms with Gasteiger partial charge in [-0.25, -0.2) is 14.6 Å². The van der Waals surface area contributed by atoms with Crippen LogP contribution in [0.2, 0.25) is 0 Å². The Kier molecular flexibility index (Phi) is 3.80. The van der Waals surface area contributed by atoms with E-state index in [0.717, 1.165) is 62.4 Å². The van der Waals surface area contributed by atoms with Gasteiger partial charge < -0.3 is 10.1 Å². The number of fused-ring (bicyclic) bond motifs is 1. The van der Waals surface area contributed by atoms with Crippen LogP contribution < -0.4 is 5.32 Å². The lowest BCUT2D eigenvalue weighted by Crippen LogP contribution is -2.21. The minimum atomic E-state index is 0.401. The van der Waals surface area contributed by atoms with Crippen molar-refractivity contribution in [3.05, 3.63) is 18.2 Å². The maximum atomic E-state index is 5.46. The average molecular weight is 301 g/mol. The van der Waals surface area contributed by atoms with Crippen molar-refractivity contribution in [1.29, 1.82) is 0 Å². The van der Waals surface area contributed by atoms with Crippen molar-refractivity contribution >= 4 is 11.0 Å². The second kappa shape index (κ2) is 5.93. The largest absolute Gasteiger partial charge is 0.381 e. The van der Waals surface area contributed by atoms with Crippen LogP contribution in [-0.4, -0.2) is 46.1 Å². The molecule has 0 unspecified atom stereocenters. The number of nitrogens with zero attached hydrogens (tertiary/aromatic N) is 4. The van der Waals surface area contributed by atoms with E-state index in [1.54, 1.807) is 0 Å². The number of hydrogen-bond donors (Lipinski definition) is 1. The van der Waals surface area contributed by atoms with Gasteiger partial charge in [-0.05, 0) is 25.3 Å². The van der Waals surface area contributed by atoms with Crippen LogP contribution in [0.3, 0.4) is 0 Å². The van der Waals surface area contributed by atoms with Crippen molar-refractivity contribution in [2.45, 2.75) is 38.1 Å². The summed E-state index contributed by atoms with van der Waals surface area (Å²) in [4.78, 5) is 9.52. The molecule has 0 aromatic carbocycles. The summed E-state index contributed by atoms with van der Waals surface area (Å²) in [6, 6.07) is 0.401. The quantitative estimate of drug-likeness (QED) is 0.938. The Bertz CT molecular complexity index is 649. The topological polar surface area (TPSA) is 64.9 Å². The van der Waals surface area contributed by atoms with E-state index < -0.39 is 0 Å². The molecule has 4 rings (SSSR count). The predicted octanol–water partition coefficient (Wildman–Crippen LogP) is 1.89. The third-order valence-electron chi connectivity index (χ3n) is 5.09. The molecule has 0 radical (unpaired) electrons. The molecule has 118 valence electrons. The first-order valence-electron chi connectivity index (χ1n) is 8.35. The molecule has 2 fully saturated rings. The molecule has 2 atom stereocenters. The summed E-state index contributed by atoms with van der Waals surface area (Å²) in [5.41, 5.74) is 0.985. The minimum Gasteiger partial charge on any atom is -0.381 e. The Labute approximate surface area is 130 Å². The molecule has 0 spiro atoms. The van der Waals surface area contributed by atoms with Crippen LogP contribution in [0, 0.1) is 5.92 Å². The molecule has 0 aliphatic carbocycles. The summed E-state index contributed by atoms with van der Waals surface area (Å²) in [7, 11) is 0. The van der Waals surface area contributed by atoms with Gasteiger partial charge >= 0.3 is 0 Å². The van der Waals surface area contributed by atoms with E-state index in [1.807, 2.05) is 12.4 Å². The molecule has 1 N–H and O–H groups in total. The molecule has 2 saturated heterocycles. The van der Waals surface area contributed by atoms with Crippen molar-refractivity contribution in [2.24, 2.45) is 5.92 Å². The van der Waals surface area contributed by atoms with Gasteiger partial charge in [0, 0.05) is 31.9 Å². The highest BCUT2D eigenvalue weighted by molar-refractivity contribution is 5.73.